The third kappa shape index (κ3) is 2.46. The first-order valence-electron chi connectivity index (χ1n) is 5.41. The van der Waals surface area contributed by atoms with Gasteiger partial charge in [-0.15, -0.1) is 0 Å². The molecule has 2 aromatic rings. The third-order valence-corrected chi connectivity index (χ3v) is 2.42. The van der Waals surface area contributed by atoms with E-state index in [1.807, 2.05) is 37.3 Å². The van der Waals surface area contributed by atoms with Crippen molar-refractivity contribution in [2.45, 2.75) is 25.8 Å². The Kier molecular flexibility index (Phi) is 3.31. The molecular formula is C12H15N3O. The Morgan fingerprint density at radius 2 is 2.06 bits per heavy atom. The fourth-order valence-electron chi connectivity index (χ4n) is 1.52. The molecule has 0 bridgehead atoms. The van der Waals surface area contributed by atoms with Gasteiger partial charge in [-0.25, -0.2) is 0 Å². The second-order valence-corrected chi connectivity index (χ2v) is 3.70. The van der Waals surface area contributed by atoms with Crippen molar-refractivity contribution >= 4 is 0 Å². The van der Waals surface area contributed by atoms with Crippen LogP contribution in [0.3, 0.4) is 0 Å². The number of nitrogens with zero attached hydrogens (tertiary/aromatic N) is 2. The Hall–Kier alpha value is -1.68. The monoisotopic (exact) mass is 217 g/mol. The minimum atomic E-state index is -0.227. The van der Waals surface area contributed by atoms with E-state index < -0.39 is 0 Å². The van der Waals surface area contributed by atoms with Crippen molar-refractivity contribution in [3.05, 3.63) is 47.6 Å². The summed E-state index contributed by atoms with van der Waals surface area (Å²) in [6.07, 6.45) is 1.48. The van der Waals surface area contributed by atoms with Crippen LogP contribution in [-0.2, 0) is 12.8 Å². The highest BCUT2D eigenvalue weighted by atomic mass is 16.5. The Morgan fingerprint density at radius 3 is 2.69 bits per heavy atom. The molecule has 0 spiro atoms. The van der Waals surface area contributed by atoms with Gasteiger partial charge in [-0.1, -0.05) is 42.4 Å². The Bertz CT molecular complexity index is 439. The molecule has 2 rings (SSSR count). The van der Waals surface area contributed by atoms with Gasteiger partial charge in [0.15, 0.2) is 5.82 Å². The molecule has 0 fully saturated rings. The van der Waals surface area contributed by atoms with Gasteiger partial charge in [0.2, 0.25) is 5.89 Å². The van der Waals surface area contributed by atoms with Crippen molar-refractivity contribution in [1.82, 2.24) is 10.1 Å². The molecule has 0 saturated carbocycles. The topological polar surface area (TPSA) is 64.9 Å². The Balaban J connectivity index is 2.05. The summed E-state index contributed by atoms with van der Waals surface area (Å²) >= 11 is 0. The number of aromatic nitrogens is 2. The van der Waals surface area contributed by atoms with Crippen LogP contribution in [0.4, 0.5) is 0 Å². The first kappa shape index (κ1) is 10.8. The zero-order valence-electron chi connectivity index (χ0n) is 9.26. The molecule has 0 aliphatic carbocycles. The second kappa shape index (κ2) is 4.90. The molecule has 84 valence electrons. The highest BCUT2D eigenvalue weighted by Crippen LogP contribution is 2.14. The van der Waals surface area contributed by atoms with E-state index in [1.165, 1.54) is 5.56 Å². The fourth-order valence-corrected chi connectivity index (χ4v) is 1.52. The molecule has 1 aromatic carbocycles. The summed E-state index contributed by atoms with van der Waals surface area (Å²) in [4.78, 5) is 4.22. The minimum Gasteiger partial charge on any atom is -0.338 e. The molecule has 0 amide bonds. The minimum absolute atomic E-state index is 0.227. The fraction of sp³-hybridized carbons (Fsp3) is 0.333. The molecule has 2 N–H and O–H groups in total. The number of rotatable bonds is 4. The second-order valence-electron chi connectivity index (χ2n) is 3.70. The van der Waals surface area contributed by atoms with Gasteiger partial charge < -0.3 is 10.3 Å². The van der Waals surface area contributed by atoms with E-state index in [0.29, 0.717) is 18.1 Å². The predicted molar refractivity (Wildman–Crippen MR) is 60.8 cm³/mol. The van der Waals surface area contributed by atoms with Gasteiger partial charge in [0, 0.05) is 6.42 Å². The molecule has 16 heavy (non-hydrogen) atoms. The van der Waals surface area contributed by atoms with Gasteiger partial charge in [0.25, 0.3) is 0 Å². The standard InChI is InChI=1S/C12H15N3O/c1-2-11-14-12(16-15-11)10(13)8-9-6-4-3-5-7-9/h3-7,10H,2,8,13H2,1H3/t10-/m1/s1. The van der Waals surface area contributed by atoms with Gasteiger partial charge in [0.1, 0.15) is 0 Å². The summed E-state index contributed by atoms with van der Waals surface area (Å²) in [5.41, 5.74) is 7.17. The molecule has 0 aliphatic rings. The van der Waals surface area contributed by atoms with E-state index >= 15 is 0 Å². The van der Waals surface area contributed by atoms with E-state index in [1.54, 1.807) is 0 Å². The normalized spacial score (nSPS) is 12.6. The van der Waals surface area contributed by atoms with Crippen LogP contribution in [0.25, 0.3) is 0 Å². The number of benzene rings is 1. The van der Waals surface area contributed by atoms with Crippen LogP contribution in [0.1, 0.15) is 30.2 Å². The zero-order chi connectivity index (χ0) is 11.4. The molecular weight excluding hydrogens is 202 g/mol. The number of nitrogens with two attached hydrogens (primary N) is 1. The lowest BCUT2D eigenvalue weighted by Crippen LogP contribution is -2.13. The van der Waals surface area contributed by atoms with E-state index in [0.717, 1.165) is 6.42 Å². The smallest absolute Gasteiger partial charge is 0.243 e. The summed E-state index contributed by atoms with van der Waals surface area (Å²) in [5.74, 6) is 1.22. The Labute approximate surface area is 94.5 Å². The van der Waals surface area contributed by atoms with Crippen LogP contribution in [0, 0.1) is 0 Å². The predicted octanol–water partition coefficient (Wildman–Crippen LogP) is 1.87. The lowest BCUT2D eigenvalue weighted by Gasteiger charge is -2.05. The maximum absolute atomic E-state index is 6.00. The van der Waals surface area contributed by atoms with Gasteiger partial charge in [-0.2, -0.15) is 4.98 Å². The van der Waals surface area contributed by atoms with Crippen LogP contribution >= 0.6 is 0 Å². The average molecular weight is 217 g/mol. The van der Waals surface area contributed by atoms with Crippen LogP contribution in [0.5, 0.6) is 0 Å². The van der Waals surface area contributed by atoms with Crippen molar-refractivity contribution in [3.8, 4) is 0 Å². The summed E-state index contributed by atoms with van der Waals surface area (Å²) in [6.45, 7) is 1.98. The van der Waals surface area contributed by atoms with Crippen molar-refractivity contribution in [1.29, 1.82) is 0 Å². The van der Waals surface area contributed by atoms with Crippen LogP contribution in [-0.4, -0.2) is 10.1 Å². The molecule has 1 aromatic heterocycles. The van der Waals surface area contributed by atoms with Gasteiger partial charge in [-0.3, -0.25) is 0 Å². The Morgan fingerprint density at radius 1 is 1.31 bits per heavy atom. The molecule has 0 saturated heterocycles. The SMILES string of the molecule is CCc1noc([C@H](N)Cc2ccccc2)n1. The highest BCUT2D eigenvalue weighted by molar-refractivity contribution is 5.16. The van der Waals surface area contributed by atoms with E-state index in [4.69, 9.17) is 10.3 Å². The van der Waals surface area contributed by atoms with Gasteiger partial charge >= 0.3 is 0 Å². The summed E-state index contributed by atoms with van der Waals surface area (Å²) in [5, 5.41) is 3.83. The van der Waals surface area contributed by atoms with Crippen LogP contribution in [0.2, 0.25) is 0 Å². The third-order valence-electron chi connectivity index (χ3n) is 2.42. The van der Waals surface area contributed by atoms with Crippen LogP contribution in [0.15, 0.2) is 34.9 Å². The van der Waals surface area contributed by atoms with Gasteiger partial charge in [0.05, 0.1) is 6.04 Å². The van der Waals surface area contributed by atoms with Gasteiger partial charge in [-0.05, 0) is 12.0 Å². The van der Waals surface area contributed by atoms with E-state index in [9.17, 15) is 0 Å². The molecule has 0 unspecified atom stereocenters. The summed E-state index contributed by atoms with van der Waals surface area (Å²) < 4.78 is 5.10. The first-order chi connectivity index (χ1) is 7.79. The van der Waals surface area contributed by atoms with Crippen LogP contribution < -0.4 is 5.73 Å². The van der Waals surface area contributed by atoms with E-state index in [2.05, 4.69) is 10.1 Å². The maximum atomic E-state index is 6.00. The first-order valence-corrected chi connectivity index (χ1v) is 5.41. The highest BCUT2D eigenvalue weighted by Gasteiger charge is 2.14. The molecule has 4 nitrogen and oxygen atoms in total. The summed E-state index contributed by atoms with van der Waals surface area (Å²) in [7, 11) is 0. The molecule has 1 atom stereocenters. The molecule has 0 aliphatic heterocycles. The average Bonchev–Trinajstić information content (AvgIpc) is 2.79. The number of hydrogen-bond acceptors (Lipinski definition) is 4. The molecule has 4 heteroatoms. The van der Waals surface area contributed by atoms with Crippen molar-refractivity contribution in [2.75, 3.05) is 0 Å². The largest absolute Gasteiger partial charge is 0.338 e. The van der Waals surface area contributed by atoms with Crippen molar-refractivity contribution in [2.24, 2.45) is 5.73 Å². The number of aryl methyl sites for hydroxylation is 1. The zero-order valence-corrected chi connectivity index (χ0v) is 9.26. The molecule has 1 heterocycles. The van der Waals surface area contributed by atoms with Crippen molar-refractivity contribution < 1.29 is 4.52 Å². The summed E-state index contributed by atoms with van der Waals surface area (Å²) in [6, 6.07) is 9.82. The van der Waals surface area contributed by atoms with E-state index in [-0.39, 0.29) is 6.04 Å². The maximum Gasteiger partial charge on any atom is 0.243 e. The molecule has 0 radical (unpaired) electrons. The lowest BCUT2D eigenvalue weighted by atomic mass is 10.1. The van der Waals surface area contributed by atoms with Crippen molar-refractivity contribution in [3.63, 3.8) is 0 Å². The lowest BCUT2D eigenvalue weighted by molar-refractivity contribution is 0.350. The number of hydrogen-bond donors (Lipinski definition) is 1. The quantitative estimate of drug-likeness (QED) is 0.849.